The van der Waals surface area contributed by atoms with E-state index in [4.69, 9.17) is 4.74 Å². The molecule has 2 saturated heterocycles. The molecule has 4 rings (SSSR count). The van der Waals surface area contributed by atoms with Crippen molar-refractivity contribution in [3.63, 3.8) is 0 Å². The lowest BCUT2D eigenvalue weighted by molar-refractivity contribution is 0.0905. The molecule has 4 heteroatoms. The third-order valence-electron chi connectivity index (χ3n) is 5.50. The summed E-state index contributed by atoms with van der Waals surface area (Å²) in [4.78, 5) is 15.3. The predicted molar refractivity (Wildman–Crippen MR) is 99.8 cm³/mol. The first kappa shape index (κ1) is 16.6. The van der Waals surface area contributed by atoms with Crippen LogP contribution in [0.25, 0.3) is 10.8 Å². The molecule has 25 heavy (non-hydrogen) atoms. The molecule has 0 saturated carbocycles. The van der Waals surface area contributed by atoms with Crippen molar-refractivity contribution in [3.05, 3.63) is 48.0 Å². The van der Waals surface area contributed by atoms with Gasteiger partial charge in [0.05, 0.1) is 6.61 Å². The van der Waals surface area contributed by atoms with E-state index in [0.29, 0.717) is 5.92 Å². The molecule has 2 aromatic carbocycles. The molecule has 0 unspecified atom stereocenters. The number of hydrogen-bond donors (Lipinski definition) is 1. The zero-order valence-electron chi connectivity index (χ0n) is 14.6. The van der Waals surface area contributed by atoms with E-state index in [1.807, 2.05) is 30.3 Å². The molecule has 0 bridgehead atoms. The highest BCUT2D eigenvalue weighted by molar-refractivity contribution is 6.07. The molecule has 1 atom stereocenters. The smallest absolute Gasteiger partial charge is 0.252 e. The van der Waals surface area contributed by atoms with Crippen LogP contribution in [0.5, 0.6) is 0 Å². The molecule has 1 amide bonds. The second kappa shape index (κ2) is 7.54. The summed E-state index contributed by atoms with van der Waals surface area (Å²) in [6.45, 7) is 5.11. The Hall–Kier alpha value is -1.91. The first-order valence-corrected chi connectivity index (χ1v) is 9.38. The molecule has 0 aliphatic carbocycles. The molecule has 2 aliphatic heterocycles. The van der Waals surface area contributed by atoms with E-state index in [9.17, 15) is 4.79 Å². The molecule has 0 spiro atoms. The Balaban J connectivity index is 1.34. The first-order valence-electron chi connectivity index (χ1n) is 9.38. The topological polar surface area (TPSA) is 41.6 Å². The maximum absolute atomic E-state index is 12.7. The average Bonchev–Trinajstić information content (AvgIpc) is 3.16. The molecule has 2 aliphatic rings. The molecule has 2 fully saturated rings. The van der Waals surface area contributed by atoms with Gasteiger partial charge < -0.3 is 15.0 Å². The number of amides is 1. The van der Waals surface area contributed by atoms with Gasteiger partial charge in [-0.2, -0.15) is 0 Å². The molecular formula is C21H26N2O2. The van der Waals surface area contributed by atoms with Gasteiger partial charge in [0.25, 0.3) is 5.91 Å². The third-order valence-corrected chi connectivity index (χ3v) is 5.50. The number of carbonyl (C=O) groups excluding carboxylic acids is 1. The molecule has 1 N–H and O–H groups in total. The van der Waals surface area contributed by atoms with Gasteiger partial charge in [-0.1, -0.05) is 36.4 Å². The van der Waals surface area contributed by atoms with E-state index >= 15 is 0 Å². The Kier molecular flexibility index (Phi) is 4.99. The van der Waals surface area contributed by atoms with Gasteiger partial charge in [-0.3, -0.25) is 4.79 Å². The van der Waals surface area contributed by atoms with Crippen molar-refractivity contribution in [3.8, 4) is 0 Å². The lowest BCUT2D eigenvalue weighted by Crippen LogP contribution is -2.45. The summed E-state index contributed by atoms with van der Waals surface area (Å²) in [5, 5.41) is 5.39. The summed E-state index contributed by atoms with van der Waals surface area (Å²) < 4.78 is 5.47. The average molecular weight is 338 g/mol. The summed E-state index contributed by atoms with van der Waals surface area (Å²) in [6.07, 6.45) is 3.26. The lowest BCUT2D eigenvalue weighted by atomic mass is 10.0. The molecule has 0 radical (unpaired) electrons. The molecule has 4 nitrogen and oxygen atoms in total. The Morgan fingerprint density at radius 1 is 1.08 bits per heavy atom. The fraction of sp³-hybridized carbons (Fsp3) is 0.476. The molecular weight excluding hydrogens is 312 g/mol. The van der Waals surface area contributed by atoms with Crippen molar-refractivity contribution in [2.75, 3.05) is 32.8 Å². The van der Waals surface area contributed by atoms with Crippen molar-refractivity contribution >= 4 is 16.7 Å². The number of hydrogen-bond acceptors (Lipinski definition) is 3. The number of carbonyl (C=O) groups is 1. The van der Waals surface area contributed by atoms with E-state index in [1.165, 1.54) is 6.42 Å². The number of piperidine rings is 1. The minimum atomic E-state index is 0.0550. The van der Waals surface area contributed by atoms with Gasteiger partial charge in [0, 0.05) is 37.8 Å². The number of nitrogens with zero attached hydrogens (tertiary/aromatic N) is 1. The highest BCUT2D eigenvalue weighted by Gasteiger charge is 2.25. The van der Waals surface area contributed by atoms with Crippen LogP contribution in [0.15, 0.2) is 42.5 Å². The second-order valence-corrected chi connectivity index (χ2v) is 7.30. The van der Waals surface area contributed by atoms with Crippen molar-refractivity contribution < 1.29 is 9.53 Å². The zero-order chi connectivity index (χ0) is 17.1. The quantitative estimate of drug-likeness (QED) is 0.931. The SMILES string of the molecule is O=C(NC1CCN(C[C@H]2CCOC2)CC1)c1cccc2ccccc12. The number of benzene rings is 2. The van der Waals surface area contributed by atoms with Crippen LogP contribution in [0, 0.1) is 5.92 Å². The minimum Gasteiger partial charge on any atom is -0.381 e. The monoisotopic (exact) mass is 338 g/mol. The number of likely N-dealkylation sites (tertiary alicyclic amines) is 1. The second-order valence-electron chi connectivity index (χ2n) is 7.30. The number of fused-ring (bicyclic) bond motifs is 1. The highest BCUT2D eigenvalue weighted by atomic mass is 16.5. The summed E-state index contributed by atoms with van der Waals surface area (Å²) in [5.41, 5.74) is 0.781. The summed E-state index contributed by atoms with van der Waals surface area (Å²) in [7, 11) is 0. The lowest BCUT2D eigenvalue weighted by Gasteiger charge is -2.33. The van der Waals surface area contributed by atoms with Crippen molar-refractivity contribution in [1.82, 2.24) is 10.2 Å². The highest BCUT2D eigenvalue weighted by Crippen LogP contribution is 2.20. The normalized spacial score (nSPS) is 22.3. The van der Waals surface area contributed by atoms with Crippen LogP contribution in [0.1, 0.15) is 29.6 Å². The fourth-order valence-electron chi connectivity index (χ4n) is 4.04. The number of rotatable bonds is 4. The maximum Gasteiger partial charge on any atom is 0.252 e. The van der Waals surface area contributed by atoms with Crippen LogP contribution in [0.3, 0.4) is 0 Å². The Bertz CT molecular complexity index is 726. The van der Waals surface area contributed by atoms with Crippen molar-refractivity contribution in [2.24, 2.45) is 5.92 Å². The van der Waals surface area contributed by atoms with Gasteiger partial charge in [-0.15, -0.1) is 0 Å². The Morgan fingerprint density at radius 2 is 1.88 bits per heavy atom. The van der Waals surface area contributed by atoms with Crippen LogP contribution < -0.4 is 5.32 Å². The van der Waals surface area contributed by atoms with E-state index in [2.05, 4.69) is 22.3 Å². The first-order chi connectivity index (χ1) is 12.3. The van der Waals surface area contributed by atoms with Gasteiger partial charge >= 0.3 is 0 Å². The van der Waals surface area contributed by atoms with Crippen molar-refractivity contribution in [1.29, 1.82) is 0 Å². The summed E-state index contributed by atoms with van der Waals surface area (Å²) in [6, 6.07) is 14.3. The van der Waals surface area contributed by atoms with Crippen LogP contribution in [0.2, 0.25) is 0 Å². The van der Waals surface area contributed by atoms with E-state index < -0.39 is 0 Å². The molecule has 0 aromatic heterocycles. The van der Waals surface area contributed by atoms with Crippen LogP contribution in [-0.2, 0) is 4.74 Å². The zero-order valence-corrected chi connectivity index (χ0v) is 14.6. The van der Waals surface area contributed by atoms with E-state index in [0.717, 1.165) is 62.0 Å². The summed E-state index contributed by atoms with van der Waals surface area (Å²) >= 11 is 0. The molecule has 132 valence electrons. The third kappa shape index (κ3) is 3.86. The number of nitrogens with one attached hydrogen (secondary N) is 1. The number of ether oxygens (including phenoxy) is 1. The van der Waals surface area contributed by atoms with E-state index in [1.54, 1.807) is 0 Å². The van der Waals surface area contributed by atoms with Crippen molar-refractivity contribution in [2.45, 2.75) is 25.3 Å². The Labute approximate surface area is 149 Å². The van der Waals surface area contributed by atoms with Gasteiger partial charge in [0.1, 0.15) is 0 Å². The Morgan fingerprint density at radius 3 is 2.68 bits per heavy atom. The van der Waals surface area contributed by atoms with Gasteiger partial charge in [0.2, 0.25) is 0 Å². The predicted octanol–water partition coefficient (Wildman–Crippen LogP) is 3.07. The minimum absolute atomic E-state index is 0.0550. The van der Waals surface area contributed by atoms with Crippen LogP contribution >= 0.6 is 0 Å². The molecule has 2 aromatic rings. The maximum atomic E-state index is 12.7. The van der Waals surface area contributed by atoms with Crippen LogP contribution in [0.4, 0.5) is 0 Å². The van der Waals surface area contributed by atoms with Crippen LogP contribution in [-0.4, -0.2) is 49.7 Å². The van der Waals surface area contributed by atoms with Gasteiger partial charge in [0.15, 0.2) is 0 Å². The van der Waals surface area contributed by atoms with E-state index in [-0.39, 0.29) is 11.9 Å². The molecule has 2 heterocycles. The van der Waals surface area contributed by atoms with Gasteiger partial charge in [-0.25, -0.2) is 0 Å². The van der Waals surface area contributed by atoms with Gasteiger partial charge in [-0.05, 0) is 42.0 Å². The largest absolute Gasteiger partial charge is 0.381 e. The summed E-state index contributed by atoms with van der Waals surface area (Å²) in [5.74, 6) is 0.751. The fourth-order valence-corrected chi connectivity index (χ4v) is 4.04. The standard InChI is InChI=1S/C21H26N2O2/c24-21(20-7-3-5-17-4-1-2-6-19(17)20)22-18-8-11-23(12-9-18)14-16-10-13-25-15-16/h1-7,16,18H,8-15H2,(H,22,24)/t16-/m1/s1.